The molecule has 0 radical (unpaired) electrons. The summed E-state index contributed by atoms with van der Waals surface area (Å²) < 4.78 is 0. The number of rotatable bonds is 6. The molecule has 4 rings (SSSR count). The maximum atomic E-state index is 13.0. The van der Waals surface area contributed by atoms with Crippen LogP contribution in [0.5, 0.6) is 0 Å². The van der Waals surface area contributed by atoms with E-state index in [1.807, 2.05) is 42.5 Å². The molecule has 152 valence electrons. The zero-order valence-corrected chi connectivity index (χ0v) is 17.2. The average molecular weight is 399 g/mol. The number of nitrogens with one attached hydrogen (secondary N) is 1. The smallest absolute Gasteiger partial charge is 0.260 e. The van der Waals surface area contributed by atoms with E-state index in [9.17, 15) is 9.59 Å². The van der Waals surface area contributed by atoms with Gasteiger partial charge in [0.1, 0.15) is 0 Å². The highest BCUT2D eigenvalue weighted by molar-refractivity contribution is 6.11. The highest BCUT2D eigenvalue weighted by Crippen LogP contribution is 2.38. The van der Waals surface area contributed by atoms with Gasteiger partial charge in [0, 0.05) is 18.4 Å². The second kappa shape index (κ2) is 8.49. The zero-order valence-electron chi connectivity index (χ0n) is 17.2. The second-order valence-electron chi connectivity index (χ2n) is 7.84. The lowest BCUT2D eigenvalue weighted by molar-refractivity contribution is -0.121. The summed E-state index contributed by atoms with van der Waals surface area (Å²) in [5.41, 5.74) is 4.30. The molecule has 1 aromatic heterocycles. The molecule has 1 atom stereocenters. The van der Waals surface area contributed by atoms with Crippen molar-refractivity contribution in [1.29, 1.82) is 0 Å². The second-order valence-corrected chi connectivity index (χ2v) is 7.84. The van der Waals surface area contributed by atoms with Gasteiger partial charge in [-0.3, -0.25) is 19.5 Å². The van der Waals surface area contributed by atoms with E-state index in [0.717, 1.165) is 11.3 Å². The monoisotopic (exact) mass is 399 g/mol. The van der Waals surface area contributed by atoms with E-state index >= 15 is 0 Å². The fourth-order valence-electron chi connectivity index (χ4n) is 3.80. The molecule has 0 bridgehead atoms. The molecule has 1 aliphatic heterocycles. The fraction of sp³-hybridized carbons (Fsp3) is 0.240. The Morgan fingerprint density at radius 3 is 2.47 bits per heavy atom. The number of hydrogen-bond acceptors (Lipinski definition) is 3. The van der Waals surface area contributed by atoms with E-state index in [0.29, 0.717) is 23.7 Å². The third-order valence-corrected chi connectivity index (χ3v) is 5.46. The van der Waals surface area contributed by atoms with Crippen molar-refractivity contribution in [3.05, 3.63) is 95.3 Å². The quantitative estimate of drug-likeness (QED) is 0.658. The van der Waals surface area contributed by atoms with E-state index in [1.54, 1.807) is 23.2 Å². The summed E-state index contributed by atoms with van der Waals surface area (Å²) >= 11 is 0. The molecule has 1 N–H and O–H groups in total. The van der Waals surface area contributed by atoms with E-state index in [-0.39, 0.29) is 18.2 Å². The van der Waals surface area contributed by atoms with Gasteiger partial charge in [0.05, 0.1) is 23.7 Å². The Morgan fingerprint density at radius 2 is 1.77 bits per heavy atom. The summed E-state index contributed by atoms with van der Waals surface area (Å²) in [6, 6.07) is 20.8. The molecule has 30 heavy (non-hydrogen) atoms. The Morgan fingerprint density at radius 1 is 1.03 bits per heavy atom. The van der Waals surface area contributed by atoms with Crippen LogP contribution in [-0.4, -0.2) is 16.8 Å². The van der Waals surface area contributed by atoms with Crippen LogP contribution in [0.15, 0.2) is 72.9 Å². The molecule has 0 saturated heterocycles. The maximum absolute atomic E-state index is 13.0. The van der Waals surface area contributed by atoms with Gasteiger partial charge in [0.15, 0.2) is 0 Å². The number of carbonyl (C=O) groups is 2. The van der Waals surface area contributed by atoms with Crippen LogP contribution in [-0.2, 0) is 11.3 Å². The molecule has 0 saturated carbocycles. The molecule has 2 aromatic carbocycles. The number of amides is 2. The number of nitrogens with zero attached hydrogens (tertiary/aromatic N) is 2. The van der Waals surface area contributed by atoms with Gasteiger partial charge in [-0.05, 0) is 41.3 Å². The van der Waals surface area contributed by atoms with Crippen LogP contribution in [0.3, 0.4) is 0 Å². The molecule has 3 aromatic rings. The van der Waals surface area contributed by atoms with Gasteiger partial charge in [0.2, 0.25) is 5.91 Å². The van der Waals surface area contributed by atoms with Crippen LogP contribution < -0.4 is 10.2 Å². The summed E-state index contributed by atoms with van der Waals surface area (Å²) in [7, 11) is 0. The first-order chi connectivity index (χ1) is 14.5. The van der Waals surface area contributed by atoms with E-state index in [2.05, 4.69) is 36.3 Å². The molecule has 0 fully saturated rings. The first kappa shape index (κ1) is 19.8. The van der Waals surface area contributed by atoms with Crippen molar-refractivity contribution in [3.63, 3.8) is 0 Å². The van der Waals surface area contributed by atoms with Crippen LogP contribution in [0.25, 0.3) is 0 Å². The predicted molar refractivity (Wildman–Crippen MR) is 117 cm³/mol. The number of hydrogen-bond donors (Lipinski definition) is 1. The van der Waals surface area contributed by atoms with Gasteiger partial charge < -0.3 is 5.32 Å². The van der Waals surface area contributed by atoms with Gasteiger partial charge in [-0.15, -0.1) is 0 Å². The predicted octanol–water partition coefficient (Wildman–Crippen LogP) is 4.61. The summed E-state index contributed by atoms with van der Waals surface area (Å²) in [5, 5.41) is 2.99. The maximum Gasteiger partial charge on any atom is 0.260 e. The molecule has 2 heterocycles. The number of fused-ring (bicyclic) bond motifs is 1. The lowest BCUT2D eigenvalue weighted by atomic mass is 10.0. The van der Waals surface area contributed by atoms with Gasteiger partial charge in [-0.1, -0.05) is 56.3 Å². The van der Waals surface area contributed by atoms with E-state index < -0.39 is 6.04 Å². The Hall–Kier alpha value is -3.47. The van der Waals surface area contributed by atoms with Crippen molar-refractivity contribution in [1.82, 2.24) is 10.3 Å². The van der Waals surface area contributed by atoms with Gasteiger partial charge in [-0.2, -0.15) is 0 Å². The highest BCUT2D eigenvalue weighted by Gasteiger charge is 2.39. The first-order valence-corrected chi connectivity index (χ1v) is 10.2. The minimum absolute atomic E-state index is 0.111. The normalized spacial score (nSPS) is 15.4. The Balaban J connectivity index is 1.49. The number of aromatic nitrogens is 1. The Labute approximate surface area is 176 Å². The molecule has 0 spiro atoms. The van der Waals surface area contributed by atoms with E-state index in [4.69, 9.17) is 0 Å². The van der Waals surface area contributed by atoms with Crippen LogP contribution in [0.1, 0.15) is 59.4 Å². The van der Waals surface area contributed by atoms with Crippen molar-refractivity contribution in [2.45, 2.75) is 38.8 Å². The van der Waals surface area contributed by atoms with Gasteiger partial charge in [-0.25, -0.2) is 0 Å². The number of para-hydroxylation sites is 1. The minimum atomic E-state index is -0.417. The molecule has 0 unspecified atom stereocenters. The number of benzene rings is 2. The third-order valence-electron chi connectivity index (χ3n) is 5.46. The first-order valence-electron chi connectivity index (χ1n) is 10.2. The SMILES string of the molecule is CC(C)c1ccc(CNC(=O)C[C@H]2c3ncccc3C(=O)N2c2ccccc2)cc1. The lowest BCUT2D eigenvalue weighted by Crippen LogP contribution is -2.32. The molecule has 0 aliphatic carbocycles. The van der Waals surface area contributed by atoms with Crippen LogP contribution in [0, 0.1) is 0 Å². The molecular formula is C25H25N3O2. The number of pyridine rings is 1. The van der Waals surface area contributed by atoms with Crippen molar-refractivity contribution < 1.29 is 9.59 Å². The number of carbonyl (C=O) groups excluding carboxylic acids is 2. The van der Waals surface area contributed by atoms with Crippen molar-refractivity contribution >= 4 is 17.5 Å². The largest absolute Gasteiger partial charge is 0.352 e. The molecule has 2 amide bonds. The Kier molecular flexibility index (Phi) is 5.61. The zero-order chi connectivity index (χ0) is 21.1. The van der Waals surface area contributed by atoms with Crippen LogP contribution in [0.2, 0.25) is 0 Å². The topological polar surface area (TPSA) is 62.3 Å². The van der Waals surface area contributed by atoms with Crippen molar-refractivity contribution in [2.75, 3.05) is 4.90 Å². The molecule has 5 heteroatoms. The van der Waals surface area contributed by atoms with Crippen LogP contribution >= 0.6 is 0 Å². The minimum Gasteiger partial charge on any atom is -0.352 e. The summed E-state index contributed by atoms with van der Waals surface area (Å²) in [4.78, 5) is 31.9. The standard InChI is InChI=1S/C25H25N3O2/c1-17(2)19-12-10-18(11-13-19)16-27-23(29)15-22-24-21(9-6-14-26-24)25(30)28(22)20-7-4-3-5-8-20/h3-14,17,22H,15-16H2,1-2H3,(H,27,29)/t22-/m0/s1. The third kappa shape index (κ3) is 3.96. The number of anilines is 1. The van der Waals surface area contributed by atoms with Gasteiger partial charge >= 0.3 is 0 Å². The highest BCUT2D eigenvalue weighted by atomic mass is 16.2. The summed E-state index contributed by atoms with van der Waals surface area (Å²) in [6.45, 7) is 4.77. The van der Waals surface area contributed by atoms with Crippen molar-refractivity contribution in [2.24, 2.45) is 0 Å². The molecular weight excluding hydrogens is 374 g/mol. The van der Waals surface area contributed by atoms with Gasteiger partial charge in [0.25, 0.3) is 5.91 Å². The summed E-state index contributed by atoms with van der Waals surface area (Å²) in [5.74, 6) is 0.247. The lowest BCUT2D eigenvalue weighted by Gasteiger charge is -2.24. The average Bonchev–Trinajstić information content (AvgIpc) is 3.05. The summed E-state index contributed by atoms with van der Waals surface area (Å²) in [6.07, 6.45) is 1.83. The van der Waals surface area contributed by atoms with E-state index in [1.165, 1.54) is 5.56 Å². The van der Waals surface area contributed by atoms with Crippen LogP contribution in [0.4, 0.5) is 5.69 Å². The molecule has 5 nitrogen and oxygen atoms in total. The Bertz CT molecular complexity index is 1050. The molecule has 1 aliphatic rings. The van der Waals surface area contributed by atoms with Crippen molar-refractivity contribution in [3.8, 4) is 0 Å². The fourth-order valence-corrected chi connectivity index (χ4v) is 3.80.